The third-order valence-corrected chi connectivity index (χ3v) is 4.03. The van der Waals surface area contributed by atoms with Crippen molar-refractivity contribution in [1.82, 2.24) is 4.90 Å². The lowest BCUT2D eigenvalue weighted by atomic mass is 10.1. The molecule has 0 amide bonds. The highest BCUT2D eigenvalue weighted by Gasteiger charge is 2.19. The largest absolute Gasteiger partial charge is 0.347 e. The van der Waals surface area contributed by atoms with Gasteiger partial charge in [0.15, 0.2) is 6.29 Å². The van der Waals surface area contributed by atoms with E-state index in [0.717, 1.165) is 19.6 Å². The molecule has 126 valence electrons. The van der Waals surface area contributed by atoms with Crippen LogP contribution in [-0.2, 0) is 22.7 Å². The summed E-state index contributed by atoms with van der Waals surface area (Å²) in [4.78, 5) is 2.49. The zero-order valence-corrected chi connectivity index (χ0v) is 14.7. The molecule has 0 atom stereocenters. The van der Waals surface area contributed by atoms with E-state index in [1.807, 2.05) is 0 Å². The average Bonchev–Trinajstić information content (AvgIpc) is 2.72. The van der Waals surface area contributed by atoms with Gasteiger partial charge in [0.2, 0.25) is 0 Å². The van der Waals surface area contributed by atoms with Crippen molar-refractivity contribution in [3.63, 3.8) is 0 Å². The minimum atomic E-state index is -0.105. The number of unbranched alkanes of at least 4 members (excludes halogenated alkanes) is 2. The van der Waals surface area contributed by atoms with E-state index in [1.165, 1.54) is 36.8 Å². The molecular formula is C18H30ClNO2. The van der Waals surface area contributed by atoms with Crippen LogP contribution in [0.25, 0.3) is 0 Å². The minimum Gasteiger partial charge on any atom is -0.347 e. The van der Waals surface area contributed by atoms with E-state index in [1.54, 1.807) is 0 Å². The number of fused-ring (bicyclic) bond motifs is 1. The molecule has 0 bridgehead atoms. The first kappa shape index (κ1) is 19.4. The van der Waals surface area contributed by atoms with Crippen molar-refractivity contribution >= 4 is 12.4 Å². The maximum Gasteiger partial charge on any atom is 0.171 e. The molecule has 1 aromatic carbocycles. The molecule has 0 aromatic heterocycles. The summed E-state index contributed by atoms with van der Waals surface area (Å²) in [6.45, 7) is 8.99. The second-order valence-corrected chi connectivity index (χ2v) is 5.83. The quantitative estimate of drug-likeness (QED) is 0.707. The van der Waals surface area contributed by atoms with E-state index in [0.29, 0.717) is 13.2 Å². The Morgan fingerprint density at radius 1 is 0.955 bits per heavy atom. The second-order valence-electron chi connectivity index (χ2n) is 5.83. The third kappa shape index (κ3) is 6.25. The van der Waals surface area contributed by atoms with Gasteiger partial charge in [-0.1, -0.05) is 51.0 Å². The fraction of sp³-hybridized carbons (Fsp3) is 0.667. The average molecular weight is 328 g/mol. The van der Waals surface area contributed by atoms with E-state index in [-0.39, 0.29) is 18.7 Å². The molecule has 1 aliphatic heterocycles. The van der Waals surface area contributed by atoms with Crippen LogP contribution in [-0.4, -0.2) is 30.8 Å². The molecule has 0 N–H and O–H groups in total. The summed E-state index contributed by atoms with van der Waals surface area (Å²) in [5.74, 6) is 0. The highest BCUT2D eigenvalue weighted by molar-refractivity contribution is 5.85. The first-order valence-corrected chi connectivity index (χ1v) is 8.35. The van der Waals surface area contributed by atoms with Crippen molar-refractivity contribution in [3.05, 3.63) is 35.4 Å². The standard InChI is InChI=1S/C18H29NO2.ClH/c1-3-5-11-19(12-6-4-2)13-18-20-14-16-9-7-8-10-17(16)15-21-18;/h7-10,18H,3-6,11-15H2,1-2H3;1H. The molecule has 1 heterocycles. The first-order chi connectivity index (χ1) is 10.3. The Bertz CT molecular complexity index is 379. The fourth-order valence-electron chi connectivity index (χ4n) is 2.63. The van der Waals surface area contributed by atoms with Gasteiger partial charge >= 0.3 is 0 Å². The molecule has 0 saturated heterocycles. The topological polar surface area (TPSA) is 21.7 Å². The predicted octanol–water partition coefficient (Wildman–Crippen LogP) is 4.38. The van der Waals surface area contributed by atoms with Crippen LogP contribution >= 0.6 is 12.4 Å². The lowest BCUT2D eigenvalue weighted by molar-refractivity contribution is -0.159. The molecule has 3 nitrogen and oxygen atoms in total. The molecule has 1 aliphatic rings. The fourth-order valence-corrected chi connectivity index (χ4v) is 2.63. The van der Waals surface area contributed by atoms with E-state index in [9.17, 15) is 0 Å². The van der Waals surface area contributed by atoms with Gasteiger partial charge in [0.05, 0.1) is 13.2 Å². The molecule has 0 spiro atoms. The van der Waals surface area contributed by atoms with Gasteiger partial charge in [-0.25, -0.2) is 0 Å². The molecule has 2 rings (SSSR count). The van der Waals surface area contributed by atoms with Crippen LogP contribution in [0.4, 0.5) is 0 Å². The van der Waals surface area contributed by atoms with Crippen LogP contribution < -0.4 is 0 Å². The van der Waals surface area contributed by atoms with Crippen LogP contribution in [0.15, 0.2) is 24.3 Å². The Kier molecular flexibility index (Phi) is 9.73. The van der Waals surface area contributed by atoms with Crippen LogP contribution in [0.2, 0.25) is 0 Å². The highest BCUT2D eigenvalue weighted by atomic mass is 35.5. The lowest BCUT2D eigenvalue weighted by Gasteiger charge is -2.26. The summed E-state index contributed by atoms with van der Waals surface area (Å²) in [5, 5.41) is 0. The molecule has 0 radical (unpaired) electrons. The van der Waals surface area contributed by atoms with Crippen LogP contribution in [0, 0.1) is 0 Å². The van der Waals surface area contributed by atoms with Gasteiger partial charge in [0.1, 0.15) is 0 Å². The number of ether oxygens (including phenoxy) is 2. The van der Waals surface area contributed by atoms with Crippen molar-refractivity contribution < 1.29 is 9.47 Å². The predicted molar refractivity (Wildman–Crippen MR) is 93.3 cm³/mol. The van der Waals surface area contributed by atoms with Crippen molar-refractivity contribution in [2.45, 2.75) is 59.0 Å². The molecular weight excluding hydrogens is 298 g/mol. The van der Waals surface area contributed by atoms with Gasteiger partial charge in [-0.15, -0.1) is 12.4 Å². The van der Waals surface area contributed by atoms with Crippen LogP contribution in [0.1, 0.15) is 50.7 Å². The van der Waals surface area contributed by atoms with Crippen molar-refractivity contribution in [2.75, 3.05) is 19.6 Å². The van der Waals surface area contributed by atoms with Crippen LogP contribution in [0.5, 0.6) is 0 Å². The molecule has 1 aromatic rings. The summed E-state index contributed by atoms with van der Waals surface area (Å²) in [6, 6.07) is 8.40. The molecule has 0 aliphatic carbocycles. The van der Waals surface area contributed by atoms with Crippen molar-refractivity contribution in [2.24, 2.45) is 0 Å². The third-order valence-electron chi connectivity index (χ3n) is 4.03. The van der Waals surface area contributed by atoms with Gasteiger partial charge < -0.3 is 9.47 Å². The Labute approximate surface area is 141 Å². The number of benzene rings is 1. The normalized spacial score (nSPS) is 15.2. The van der Waals surface area contributed by atoms with E-state index in [2.05, 4.69) is 43.0 Å². The Morgan fingerprint density at radius 3 is 1.91 bits per heavy atom. The molecule has 0 fully saturated rings. The van der Waals surface area contributed by atoms with Gasteiger partial charge in [-0.05, 0) is 37.1 Å². The van der Waals surface area contributed by atoms with E-state index >= 15 is 0 Å². The maximum absolute atomic E-state index is 5.96. The molecule has 22 heavy (non-hydrogen) atoms. The zero-order valence-electron chi connectivity index (χ0n) is 13.9. The first-order valence-electron chi connectivity index (χ1n) is 8.35. The van der Waals surface area contributed by atoms with Gasteiger partial charge in [-0.2, -0.15) is 0 Å². The summed E-state index contributed by atoms with van der Waals surface area (Å²) in [7, 11) is 0. The zero-order chi connectivity index (χ0) is 14.9. The number of hydrogen-bond donors (Lipinski definition) is 0. The highest BCUT2D eigenvalue weighted by Crippen LogP contribution is 2.18. The Balaban J connectivity index is 0.00000242. The van der Waals surface area contributed by atoms with E-state index in [4.69, 9.17) is 9.47 Å². The van der Waals surface area contributed by atoms with Crippen LogP contribution in [0.3, 0.4) is 0 Å². The Morgan fingerprint density at radius 2 is 1.45 bits per heavy atom. The van der Waals surface area contributed by atoms with Crippen molar-refractivity contribution in [1.29, 1.82) is 0 Å². The summed E-state index contributed by atoms with van der Waals surface area (Å²) >= 11 is 0. The monoisotopic (exact) mass is 327 g/mol. The SMILES string of the molecule is CCCCN(CCCC)CC1OCc2ccccc2CO1.Cl. The molecule has 4 heteroatoms. The van der Waals surface area contributed by atoms with Gasteiger partial charge in [0.25, 0.3) is 0 Å². The van der Waals surface area contributed by atoms with Gasteiger partial charge in [-0.3, -0.25) is 4.90 Å². The minimum absolute atomic E-state index is 0. The van der Waals surface area contributed by atoms with E-state index < -0.39 is 0 Å². The molecule has 0 unspecified atom stereocenters. The lowest BCUT2D eigenvalue weighted by Crippen LogP contribution is -2.36. The van der Waals surface area contributed by atoms with Crippen molar-refractivity contribution in [3.8, 4) is 0 Å². The second kappa shape index (κ2) is 11.0. The smallest absolute Gasteiger partial charge is 0.171 e. The number of halogens is 1. The number of rotatable bonds is 8. The molecule has 0 saturated carbocycles. The summed E-state index contributed by atoms with van der Waals surface area (Å²) < 4.78 is 11.9. The van der Waals surface area contributed by atoms with Gasteiger partial charge in [0, 0.05) is 6.54 Å². The number of nitrogens with zero attached hydrogens (tertiary/aromatic N) is 1. The summed E-state index contributed by atoms with van der Waals surface area (Å²) in [6.07, 6.45) is 4.86. The maximum atomic E-state index is 5.96. The number of hydrogen-bond acceptors (Lipinski definition) is 3. The summed E-state index contributed by atoms with van der Waals surface area (Å²) in [5.41, 5.74) is 2.52. The Hall–Kier alpha value is -0.610.